The molecule has 0 aliphatic carbocycles. The summed E-state index contributed by atoms with van der Waals surface area (Å²) in [4.78, 5) is 11.8. The van der Waals surface area contributed by atoms with E-state index < -0.39 is 11.4 Å². The molecule has 1 amide bonds. The number of nitrogens with two attached hydrogens (primary N) is 2. The predicted molar refractivity (Wildman–Crippen MR) is 69.6 cm³/mol. The Bertz CT molecular complexity index is 471. The van der Waals surface area contributed by atoms with Crippen LogP contribution in [0.5, 0.6) is 0 Å². The molecule has 2 rings (SSSR count). The molecular weight excluding hydrogens is 228 g/mol. The van der Waals surface area contributed by atoms with Crippen LogP contribution in [0.2, 0.25) is 0 Å². The first-order chi connectivity index (χ1) is 8.61. The molecule has 5 heteroatoms. The first-order valence-electron chi connectivity index (χ1n) is 5.95. The zero-order chi connectivity index (χ0) is 13.2. The predicted octanol–water partition coefficient (Wildman–Crippen LogP) is 0.441. The quantitative estimate of drug-likeness (QED) is 0.719. The van der Waals surface area contributed by atoms with Gasteiger partial charge in [-0.15, -0.1) is 0 Å². The monoisotopic (exact) mass is 246 g/mol. The normalized spacial score (nSPS) is 23.5. The number of amides is 1. The van der Waals surface area contributed by atoms with E-state index in [2.05, 4.69) is 5.43 Å². The van der Waals surface area contributed by atoms with Crippen LogP contribution in [0, 0.1) is 0 Å². The summed E-state index contributed by atoms with van der Waals surface area (Å²) in [5, 5.41) is 1.79. The van der Waals surface area contributed by atoms with Crippen molar-refractivity contribution in [3.63, 3.8) is 0 Å². The number of carbonyl (C=O) groups excluding carboxylic acids is 1. The van der Waals surface area contributed by atoms with Crippen molar-refractivity contribution in [3.8, 4) is 0 Å². The minimum Gasteiger partial charge on any atom is -0.399 e. The summed E-state index contributed by atoms with van der Waals surface area (Å²) in [7, 11) is 0. The van der Waals surface area contributed by atoms with Crippen molar-refractivity contribution in [1.82, 2.24) is 10.4 Å². The van der Waals surface area contributed by atoms with Crippen LogP contribution in [-0.2, 0) is 11.3 Å². The van der Waals surface area contributed by atoms with Crippen molar-refractivity contribution in [2.45, 2.75) is 25.4 Å². The van der Waals surface area contributed by atoms with E-state index in [4.69, 9.17) is 11.5 Å². The molecule has 1 aliphatic heterocycles. The highest BCUT2D eigenvalue weighted by Gasteiger charge is 2.47. The van der Waals surface area contributed by atoms with Gasteiger partial charge in [0.05, 0.1) is 5.70 Å². The summed E-state index contributed by atoms with van der Waals surface area (Å²) < 4.78 is 0. The fraction of sp³-hybridized carbons (Fsp3) is 0.308. The Morgan fingerprint density at radius 1 is 1.39 bits per heavy atom. The molecule has 0 fully saturated rings. The van der Waals surface area contributed by atoms with E-state index in [-0.39, 0.29) is 0 Å². The third-order valence-electron chi connectivity index (χ3n) is 3.42. The topological polar surface area (TPSA) is 84.4 Å². The van der Waals surface area contributed by atoms with Gasteiger partial charge in [0, 0.05) is 12.7 Å². The number of nitrogens with zero attached hydrogens (tertiary/aromatic N) is 1. The molecule has 18 heavy (non-hydrogen) atoms. The van der Waals surface area contributed by atoms with Crippen LogP contribution in [0.1, 0.15) is 18.9 Å². The number of hydrogen-bond donors (Lipinski definition) is 3. The second-order valence-corrected chi connectivity index (χ2v) is 4.38. The Balaban J connectivity index is 2.26. The fourth-order valence-corrected chi connectivity index (χ4v) is 2.32. The van der Waals surface area contributed by atoms with Crippen molar-refractivity contribution in [2.24, 2.45) is 11.5 Å². The maximum absolute atomic E-state index is 11.8. The van der Waals surface area contributed by atoms with Crippen LogP contribution in [0.25, 0.3) is 0 Å². The second kappa shape index (κ2) is 4.70. The van der Waals surface area contributed by atoms with Gasteiger partial charge in [-0.05, 0) is 12.0 Å². The lowest BCUT2D eigenvalue weighted by Gasteiger charge is -2.35. The summed E-state index contributed by atoms with van der Waals surface area (Å²) in [6.45, 7) is 2.46. The van der Waals surface area contributed by atoms with E-state index in [0.717, 1.165) is 5.56 Å². The molecule has 1 atom stereocenters. The summed E-state index contributed by atoms with van der Waals surface area (Å²) in [5.41, 5.74) is 15.1. The number of benzene rings is 1. The molecular formula is C13H18N4O. The number of hydrazine groups is 1. The molecule has 1 unspecified atom stereocenters. The fourth-order valence-electron chi connectivity index (χ4n) is 2.32. The van der Waals surface area contributed by atoms with Crippen molar-refractivity contribution < 1.29 is 4.79 Å². The van der Waals surface area contributed by atoms with Crippen LogP contribution in [-0.4, -0.2) is 16.5 Å². The van der Waals surface area contributed by atoms with E-state index >= 15 is 0 Å². The molecule has 5 nitrogen and oxygen atoms in total. The van der Waals surface area contributed by atoms with E-state index in [1.165, 1.54) is 0 Å². The van der Waals surface area contributed by atoms with Gasteiger partial charge < -0.3 is 16.9 Å². The van der Waals surface area contributed by atoms with Crippen LogP contribution in [0.4, 0.5) is 0 Å². The summed E-state index contributed by atoms with van der Waals surface area (Å²) in [6.07, 6.45) is 2.17. The Kier molecular flexibility index (Phi) is 3.25. The molecule has 1 aromatic carbocycles. The van der Waals surface area contributed by atoms with Gasteiger partial charge in [-0.1, -0.05) is 37.3 Å². The molecule has 96 valence electrons. The summed E-state index contributed by atoms with van der Waals surface area (Å²) in [6, 6.07) is 9.87. The summed E-state index contributed by atoms with van der Waals surface area (Å²) in [5.74, 6) is -0.431. The second-order valence-electron chi connectivity index (χ2n) is 4.38. The van der Waals surface area contributed by atoms with Crippen molar-refractivity contribution in [3.05, 3.63) is 47.8 Å². The molecule has 0 saturated heterocycles. The smallest absolute Gasteiger partial charge is 0.245 e. The molecule has 0 spiro atoms. The number of hydrogen-bond acceptors (Lipinski definition) is 4. The summed E-state index contributed by atoms with van der Waals surface area (Å²) >= 11 is 0. The van der Waals surface area contributed by atoms with E-state index in [9.17, 15) is 4.79 Å². The first-order valence-corrected chi connectivity index (χ1v) is 5.95. The minimum atomic E-state index is -0.935. The van der Waals surface area contributed by atoms with Crippen molar-refractivity contribution in [1.29, 1.82) is 0 Å². The van der Waals surface area contributed by atoms with Crippen LogP contribution < -0.4 is 16.9 Å². The highest BCUT2D eigenvalue weighted by molar-refractivity contribution is 5.88. The average molecular weight is 246 g/mol. The number of carbonyl (C=O) groups is 1. The average Bonchev–Trinajstić information content (AvgIpc) is 2.68. The van der Waals surface area contributed by atoms with Crippen LogP contribution in [0.15, 0.2) is 42.2 Å². The minimum absolute atomic E-state index is 0.431. The molecule has 0 aromatic heterocycles. The number of primary amides is 1. The Labute approximate surface area is 106 Å². The van der Waals surface area contributed by atoms with E-state index in [1.54, 1.807) is 11.2 Å². The molecule has 0 radical (unpaired) electrons. The van der Waals surface area contributed by atoms with Crippen molar-refractivity contribution in [2.75, 3.05) is 0 Å². The molecule has 1 aliphatic rings. The third-order valence-corrected chi connectivity index (χ3v) is 3.42. The van der Waals surface area contributed by atoms with Gasteiger partial charge in [0.1, 0.15) is 0 Å². The van der Waals surface area contributed by atoms with Gasteiger partial charge in [0.15, 0.2) is 5.54 Å². The Morgan fingerprint density at radius 3 is 2.61 bits per heavy atom. The SMILES string of the molecule is CCC1(C(N)=O)C(N)=CNN1Cc1ccccc1. The van der Waals surface area contributed by atoms with Gasteiger partial charge in [0.25, 0.3) is 0 Å². The van der Waals surface area contributed by atoms with Gasteiger partial charge in [-0.25, -0.2) is 0 Å². The number of rotatable bonds is 4. The van der Waals surface area contributed by atoms with E-state index in [0.29, 0.717) is 18.7 Å². The maximum atomic E-state index is 11.8. The number of nitrogens with one attached hydrogen (secondary N) is 1. The van der Waals surface area contributed by atoms with Crippen molar-refractivity contribution >= 4 is 5.91 Å². The highest BCUT2D eigenvalue weighted by Crippen LogP contribution is 2.29. The zero-order valence-corrected chi connectivity index (χ0v) is 10.4. The molecule has 1 aromatic rings. The lowest BCUT2D eigenvalue weighted by atomic mass is 9.91. The van der Waals surface area contributed by atoms with Gasteiger partial charge in [-0.3, -0.25) is 4.79 Å². The standard InChI is InChI=1S/C13H18N4O/c1-2-13(12(15)18)11(14)8-16-17(13)9-10-6-4-3-5-7-10/h3-8,16H,2,9,14H2,1H3,(H2,15,18). The van der Waals surface area contributed by atoms with Crippen LogP contribution in [0.3, 0.4) is 0 Å². The third kappa shape index (κ3) is 1.82. The lowest BCUT2D eigenvalue weighted by molar-refractivity contribution is -0.129. The molecule has 1 heterocycles. The molecule has 0 saturated carbocycles. The highest BCUT2D eigenvalue weighted by atomic mass is 16.2. The Morgan fingerprint density at radius 2 is 2.06 bits per heavy atom. The van der Waals surface area contributed by atoms with Crippen LogP contribution >= 0.6 is 0 Å². The van der Waals surface area contributed by atoms with E-state index in [1.807, 2.05) is 37.3 Å². The Hall–Kier alpha value is -2.01. The van der Waals surface area contributed by atoms with Gasteiger partial charge in [-0.2, -0.15) is 5.01 Å². The van der Waals surface area contributed by atoms with Gasteiger partial charge >= 0.3 is 0 Å². The molecule has 0 bridgehead atoms. The first kappa shape index (κ1) is 12.4. The van der Waals surface area contributed by atoms with Gasteiger partial charge in [0.2, 0.25) is 5.91 Å². The molecule has 5 N–H and O–H groups in total. The maximum Gasteiger partial charge on any atom is 0.245 e. The zero-order valence-electron chi connectivity index (χ0n) is 10.4. The largest absolute Gasteiger partial charge is 0.399 e. The lowest BCUT2D eigenvalue weighted by Crippen LogP contribution is -2.59.